The molecule has 0 amide bonds. The molecule has 0 saturated carbocycles. The number of rotatable bonds is 3. The second-order valence-corrected chi connectivity index (χ2v) is 4.24. The van der Waals surface area contributed by atoms with Gasteiger partial charge in [0.2, 0.25) is 5.56 Å². The molecule has 2 heterocycles. The molecule has 1 N–H and O–H groups in total. The molecule has 2 aromatic rings. The molecular formula is C14H10FN3O2. The first-order valence-electron chi connectivity index (χ1n) is 5.77. The van der Waals surface area contributed by atoms with E-state index >= 15 is 0 Å². The first-order valence-corrected chi connectivity index (χ1v) is 5.77. The molecule has 0 aliphatic heterocycles. The van der Waals surface area contributed by atoms with E-state index < -0.39 is 23.1 Å². The minimum Gasteiger partial charge on any atom is -0.326 e. The Morgan fingerprint density at radius 1 is 1.45 bits per heavy atom. The monoisotopic (exact) mass is 271 g/mol. The summed E-state index contributed by atoms with van der Waals surface area (Å²) in [5, 5.41) is 9.13. The molecule has 2 rings (SSSR count). The zero-order chi connectivity index (χ0) is 14.7. The molecule has 6 heteroatoms. The summed E-state index contributed by atoms with van der Waals surface area (Å²) < 4.78 is 12.8. The van der Waals surface area contributed by atoms with Gasteiger partial charge in [-0.05, 0) is 25.1 Å². The highest BCUT2D eigenvalue weighted by Gasteiger charge is 2.23. The van der Waals surface area contributed by atoms with Gasteiger partial charge in [0.15, 0.2) is 11.7 Å². The van der Waals surface area contributed by atoms with E-state index in [9.17, 15) is 14.0 Å². The normalized spacial score (nSPS) is 11.7. The summed E-state index contributed by atoms with van der Waals surface area (Å²) in [7, 11) is 0. The van der Waals surface area contributed by atoms with Crippen LogP contribution in [-0.2, 0) is 0 Å². The number of aromatic amines is 1. The van der Waals surface area contributed by atoms with Gasteiger partial charge in [-0.1, -0.05) is 0 Å². The van der Waals surface area contributed by atoms with Gasteiger partial charge < -0.3 is 4.98 Å². The number of aryl methyl sites for hydroxylation is 1. The maximum atomic E-state index is 12.8. The zero-order valence-corrected chi connectivity index (χ0v) is 10.6. The van der Waals surface area contributed by atoms with E-state index in [2.05, 4.69) is 9.97 Å². The first kappa shape index (κ1) is 13.6. The number of aromatic nitrogens is 2. The van der Waals surface area contributed by atoms with Crippen LogP contribution in [0, 0.1) is 24.1 Å². The lowest BCUT2D eigenvalue weighted by molar-refractivity contribution is 0.0977. The van der Waals surface area contributed by atoms with Gasteiger partial charge in [0.05, 0.1) is 18.0 Å². The standard InChI is InChI=1S/C14H10FN3O2/c1-8-4-9(5-13(19)18-8)14(20)11(6-16)12-3-2-10(15)7-17-12/h2-5,7,11H,1H3,(H,18,19)/t11-/m0/s1. The number of nitrogens with zero attached hydrogens (tertiary/aromatic N) is 2. The highest BCUT2D eigenvalue weighted by molar-refractivity contribution is 6.02. The number of ketones is 1. The van der Waals surface area contributed by atoms with E-state index in [4.69, 9.17) is 5.26 Å². The summed E-state index contributed by atoms with van der Waals surface area (Å²) in [6.45, 7) is 1.63. The van der Waals surface area contributed by atoms with Crippen molar-refractivity contribution >= 4 is 5.78 Å². The molecule has 0 aliphatic rings. The van der Waals surface area contributed by atoms with Crippen molar-refractivity contribution in [3.8, 4) is 6.07 Å². The Morgan fingerprint density at radius 3 is 2.75 bits per heavy atom. The first-order chi connectivity index (χ1) is 9.51. The van der Waals surface area contributed by atoms with E-state index in [1.807, 2.05) is 6.07 Å². The van der Waals surface area contributed by atoms with Crippen molar-refractivity contribution in [2.75, 3.05) is 0 Å². The smallest absolute Gasteiger partial charge is 0.248 e. The average molecular weight is 271 g/mol. The maximum Gasteiger partial charge on any atom is 0.248 e. The molecule has 0 bridgehead atoms. The number of hydrogen-bond donors (Lipinski definition) is 1. The number of halogens is 1. The van der Waals surface area contributed by atoms with Crippen molar-refractivity contribution in [1.82, 2.24) is 9.97 Å². The number of H-pyrrole nitrogens is 1. The van der Waals surface area contributed by atoms with Crippen LogP contribution in [0.3, 0.4) is 0 Å². The van der Waals surface area contributed by atoms with Crippen molar-refractivity contribution in [3.05, 3.63) is 63.6 Å². The van der Waals surface area contributed by atoms with Crippen LogP contribution in [0.25, 0.3) is 0 Å². The van der Waals surface area contributed by atoms with Crippen LogP contribution in [0.4, 0.5) is 4.39 Å². The van der Waals surface area contributed by atoms with Crippen LogP contribution in [0.2, 0.25) is 0 Å². The van der Waals surface area contributed by atoms with Crippen molar-refractivity contribution < 1.29 is 9.18 Å². The number of nitriles is 1. The lowest BCUT2D eigenvalue weighted by atomic mass is 9.95. The Bertz CT molecular complexity index is 744. The molecule has 1 atom stereocenters. The van der Waals surface area contributed by atoms with Crippen LogP contribution in [-0.4, -0.2) is 15.8 Å². The van der Waals surface area contributed by atoms with Crippen LogP contribution in [0.15, 0.2) is 35.3 Å². The van der Waals surface area contributed by atoms with Gasteiger partial charge in [0.25, 0.3) is 0 Å². The molecule has 0 saturated heterocycles. The Balaban J connectivity index is 2.42. The number of hydrogen-bond acceptors (Lipinski definition) is 4. The number of carbonyl (C=O) groups excluding carboxylic acids is 1. The predicted molar refractivity (Wildman–Crippen MR) is 68.7 cm³/mol. The summed E-state index contributed by atoms with van der Waals surface area (Å²) in [5.41, 5.74) is 0.377. The number of nitrogens with one attached hydrogen (secondary N) is 1. The lowest BCUT2D eigenvalue weighted by Crippen LogP contribution is -2.17. The lowest BCUT2D eigenvalue weighted by Gasteiger charge is -2.08. The van der Waals surface area contributed by atoms with Crippen LogP contribution < -0.4 is 5.56 Å². The Hall–Kier alpha value is -2.81. The third-order valence-corrected chi connectivity index (χ3v) is 2.70. The summed E-state index contributed by atoms with van der Waals surface area (Å²) in [4.78, 5) is 29.9. The Morgan fingerprint density at radius 2 is 2.20 bits per heavy atom. The van der Waals surface area contributed by atoms with Gasteiger partial charge in [0.1, 0.15) is 5.82 Å². The number of Topliss-reactive ketones (excluding diaryl/α,β-unsaturated/α-hetero) is 1. The predicted octanol–water partition coefficient (Wildman–Crippen LogP) is 1.71. The van der Waals surface area contributed by atoms with E-state index in [1.165, 1.54) is 12.1 Å². The topological polar surface area (TPSA) is 86.6 Å². The fourth-order valence-corrected chi connectivity index (χ4v) is 1.81. The highest BCUT2D eigenvalue weighted by Crippen LogP contribution is 2.18. The molecule has 100 valence electrons. The largest absolute Gasteiger partial charge is 0.326 e. The number of pyridine rings is 2. The van der Waals surface area contributed by atoms with E-state index in [0.29, 0.717) is 5.69 Å². The third-order valence-electron chi connectivity index (χ3n) is 2.70. The molecule has 20 heavy (non-hydrogen) atoms. The van der Waals surface area contributed by atoms with E-state index in [1.54, 1.807) is 6.92 Å². The summed E-state index contributed by atoms with van der Waals surface area (Å²) in [6.07, 6.45) is 0.940. The molecule has 0 fully saturated rings. The van der Waals surface area contributed by atoms with Crippen molar-refractivity contribution in [2.45, 2.75) is 12.8 Å². The van der Waals surface area contributed by atoms with Crippen LogP contribution in [0.1, 0.15) is 27.7 Å². The fourth-order valence-electron chi connectivity index (χ4n) is 1.81. The van der Waals surface area contributed by atoms with Gasteiger partial charge in [-0.15, -0.1) is 0 Å². The quantitative estimate of drug-likeness (QED) is 0.861. The summed E-state index contributed by atoms with van der Waals surface area (Å²) in [5.74, 6) is -2.26. The molecule has 0 radical (unpaired) electrons. The van der Waals surface area contributed by atoms with Gasteiger partial charge in [-0.2, -0.15) is 5.26 Å². The Labute approximate surface area is 113 Å². The zero-order valence-electron chi connectivity index (χ0n) is 10.6. The van der Waals surface area contributed by atoms with Crippen molar-refractivity contribution in [3.63, 3.8) is 0 Å². The van der Waals surface area contributed by atoms with E-state index in [0.717, 1.165) is 18.3 Å². The van der Waals surface area contributed by atoms with Crippen molar-refractivity contribution in [1.29, 1.82) is 5.26 Å². The number of carbonyl (C=O) groups is 1. The van der Waals surface area contributed by atoms with Gasteiger partial charge in [-0.25, -0.2) is 4.39 Å². The highest BCUT2D eigenvalue weighted by atomic mass is 19.1. The summed E-state index contributed by atoms with van der Waals surface area (Å²) >= 11 is 0. The average Bonchev–Trinajstić information content (AvgIpc) is 2.40. The molecule has 2 aromatic heterocycles. The minimum absolute atomic E-state index is 0.129. The minimum atomic E-state index is -1.17. The van der Waals surface area contributed by atoms with Gasteiger partial charge in [-0.3, -0.25) is 14.6 Å². The van der Waals surface area contributed by atoms with Crippen molar-refractivity contribution in [2.24, 2.45) is 0 Å². The molecular weight excluding hydrogens is 261 g/mol. The second-order valence-electron chi connectivity index (χ2n) is 4.24. The van der Waals surface area contributed by atoms with Crippen LogP contribution >= 0.6 is 0 Å². The fraction of sp³-hybridized carbons (Fsp3) is 0.143. The molecule has 0 aromatic carbocycles. The molecule has 0 spiro atoms. The van der Waals surface area contributed by atoms with Gasteiger partial charge in [0, 0.05) is 17.3 Å². The summed E-state index contributed by atoms with van der Waals surface area (Å²) in [6, 6.07) is 6.85. The van der Waals surface area contributed by atoms with Gasteiger partial charge >= 0.3 is 0 Å². The Kier molecular flexibility index (Phi) is 3.71. The SMILES string of the molecule is Cc1cc(C(=O)[C@@H](C#N)c2ccc(F)cn2)cc(=O)[nH]1. The second kappa shape index (κ2) is 5.45. The van der Waals surface area contributed by atoms with E-state index in [-0.39, 0.29) is 11.3 Å². The maximum absolute atomic E-state index is 12.8. The van der Waals surface area contributed by atoms with Crippen LogP contribution in [0.5, 0.6) is 0 Å². The molecule has 0 unspecified atom stereocenters. The molecule has 5 nitrogen and oxygen atoms in total. The molecule has 0 aliphatic carbocycles. The third kappa shape index (κ3) is 2.78.